The van der Waals surface area contributed by atoms with E-state index in [2.05, 4.69) is 31.2 Å². The molecule has 1 saturated carbocycles. The Bertz CT molecular complexity index is 682. The van der Waals surface area contributed by atoms with E-state index in [1.54, 1.807) is 0 Å². The number of rotatable bonds is 6. The molecule has 25 heavy (non-hydrogen) atoms. The Morgan fingerprint density at radius 2 is 1.60 bits per heavy atom. The first-order chi connectivity index (χ1) is 12.2. The van der Waals surface area contributed by atoms with Crippen LogP contribution >= 0.6 is 0 Å². The summed E-state index contributed by atoms with van der Waals surface area (Å²) in [4.78, 5) is 0. The van der Waals surface area contributed by atoms with Crippen LogP contribution in [0.1, 0.15) is 75.3 Å². The number of unbranched alkanes of at least 4 members (excludes halogenated alkanes) is 2. The fourth-order valence-electron chi connectivity index (χ4n) is 4.28. The summed E-state index contributed by atoms with van der Waals surface area (Å²) in [5.41, 5.74) is 19.7. The highest BCUT2D eigenvalue weighted by molar-refractivity contribution is 5.74. The Morgan fingerprint density at radius 3 is 2.28 bits per heavy atom. The van der Waals surface area contributed by atoms with Crippen molar-refractivity contribution in [3.63, 3.8) is 0 Å². The number of anilines is 2. The van der Waals surface area contributed by atoms with Crippen molar-refractivity contribution in [2.45, 2.75) is 70.6 Å². The van der Waals surface area contributed by atoms with Crippen LogP contribution in [0.4, 0.5) is 11.4 Å². The summed E-state index contributed by atoms with van der Waals surface area (Å²) < 4.78 is 0. The summed E-state index contributed by atoms with van der Waals surface area (Å²) in [6, 6.07) is 12.7. The molecule has 0 unspecified atom stereocenters. The molecule has 4 N–H and O–H groups in total. The van der Waals surface area contributed by atoms with Gasteiger partial charge in [0.1, 0.15) is 0 Å². The third-order valence-corrected chi connectivity index (χ3v) is 5.66. The number of hydrogen-bond acceptors (Lipinski definition) is 2. The molecule has 0 saturated heterocycles. The summed E-state index contributed by atoms with van der Waals surface area (Å²) in [7, 11) is 0. The van der Waals surface area contributed by atoms with Crippen molar-refractivity contribution in [2.24, 2.45) is 0 Å². The first-order valence-corrected chi connectivity index (χ1v) is 9.98. The zero-order valence-electron chi connectivity index (χ0n) is 15.6. The SMILES string of the molecule is CCCCCc1c(N)ccc(-c2ccc(N)cc2)c1C1CCCCC1. The van der Waals surface area contributed by atoms with Crippen LogP contribution in [0.25, 0.3) is 11.1 Å². The van der Waals surface area contributed by atoms with Crippen molar-refractivity contribution in [1.82, 2.24) is 0 Å². The third-order valence-electron chi connectivity index (χ3n) is 5.66. The average Bonchev–Trinajstić information content (AvgIpc) is 2.64. The molecule has 2 nitrogen and oxygen atoms in total. The van der Waals surface area contributed by atoms with E-state index < -0.39 is 0 Å². The van der Waals surface area contributed by atoms with E-state index in [1.165, 1.54) is 73.6 Å². The Morgan fingerprint density at radius 1 is 0.880 bits per heavy atom. The molecule has 0 heterocycles. The van der Waals surface area contributed by atoms with Gasteiger partial charge in [-0.3, -0.25) is 0 Å². The van der Waals surface area contributed by atoms with Gasteiger partial charge >= 0.3 is 0 Å². The Balaban J connectivity index is 2.06. The minimum absolute atomic E-state index is 0.654. The van der Waals surface area contributed by atoms with Gasteiger partial charge in [-0.2, -0.15) is 0 Å². The Labute approximate surface area is 152 Å². The lowest BCUT2D eigenvalue weighted by atomic mass is 9.77. The standard InChI is InChI=1S/C23H32N2/c1-2-3-5-10-21-22(25)16-15-20(17-11-13-19(24)14-12-17)23(21)18-8-6-4-7-9-18/h11-16,18H,2-10,24-25H2,1H3. The molecule has 3 rings (SSSR count). The van der Waals surface area contributed by atoms with Crippen molar-refractivity contribution >= 4 is 11.4 Å². The highest BCUT2D eigenvalue weighted by atomic mass is 14.6. The minimum Gasteiger partial charge on any atom is -0.399 e. The quantitative estimate of drug-likeness (QED) is 0.480. The second-order valence-corrected chi connectivity index (χ2v) is 7.51. The van der Waals surface area contributed by atoms with E-state index >= 15 is 0 Å². The summed E-state index contributed by atoms with van der Waals surface area (Å²) >= 11 is 0. The maximum absolute atomic E-state index is 6.46. The molecule has 2 aromatic carbocycles. The lowest BCUT2D eigenvalue weighted by molar-refractivity contribution is 0.442. The van der Waals surface area contributed by atoms with Gasteiger partial charge < -0.3 is 11.5 Å². The lowest BCUT2D eigenvalue weighted by Crippen LogP contribution is -2.11. The summed E-state index contributed by atoms with van der Waals surface area (Å²) in [5.74, 6) is 0.654. The van der Waals surface area contributed by atoms with Gasteiger partial charge in [0.2, 0.25) is 0 Å². The topological polar surface area (TPSA) is 52.0 Å². The minimum atomic E-state index is 0.654. The molecule has 0 aromatic heterocycles. The van der Waals surface area contributed by atoms with Crippen molar-refractivity contribution in [3.05, 3.63) is 47.5 Å². The highest BCUT2D eigenvalue weighted by Gasteiger charge is 2.23. The fourth-order valence-corrected chi connectivity index (χ4v) is 4.28. The second kappa shape index (κ2) is 8.42. The molecule has 0 aliphatic heterocycles. The largest absolute Gasteiger partial charge is 0.399 e. The molecule has 0 amide bonds. The first-order valence-electron chi connectivity index (χ1n) is 9.98. The van der Waals surface area contributed by atoms with Crippen molar-refractivity contribution in [2.75, 3.05) is 11.5 Å². The fraction of sp³-hybridized carbons (Fsp3) is 0.478. The van der Waals surface area contributed by atoms with Crippen LogP contribution < -0.4 is 11.5 Å². The monoisotopic (exact) mass is 336 g/mol. The molecular formula is C23H32N2. The maximum Gasteiger partial charge on any atom is 0.0349 e. The van der Waals surface area contributed by atoms with Gasteiger partial charge in [0.25, 0.3) is 0 Å². The Kier molecular flexibility index (Phi) is 6.01. The van der Waals surface area contributed by atoms with E-state index in [0.29, 0.717) is 5.92 Å². The maximum atomic E-state index is 6.46. The van der Waals surface area contributed by atoms with Crippen molar-refractivity contribution in [3.8, 4) is 11.1 Å². The van der Waals surface area contributed by atoms with Crippen LogP contribution in [-0.4, -0.2) is 0 Å². The van der Waals surface area contributed by atoms with E-state index in [9.17, 15) is 0 Å². The first kappa shape index (κ1) is 17.8. The van der Waals surface area contributed by atoms with Crippen LogP contribution in [0.3, 0.4) is 0 Å². The van der Waals surface area contributed by atoms with E-state index in [0.717, 1.165) is 17.8 Å². The summed E-state index contributed by atoms with van der Waals surface area (Å²) in [5, 5.41) is 0. The van der Waals surface area contributed by atoms with Crippen LogP contribution in [0.2, 0.25) is 0 Å². The van der Waals surface area contributed by atoms with Crippen LogP contribution in [0.5, 0.6) is 0 Å². The Hall–Kier alpha value is -1.96. The number of hydrogen-bond donors (Lipinski definition) is 2. The molecule has 0 spiro atoms. The number of nitrogen functional groups attached to an aromatic ring is 2. The predicted octanol–water partition coefficient (Wildman–Crippen LogP) is 6.30. The van der Waals surface area contributed by atoms with Gasteiger partial charge in [0.15, 0.2) is 0 Å². The normalized spacial score (nSPS) is 15.4. The highest BCUT2D eigenvalue weighted by Crippen LogP contribution is 2.42. The molecule has 0 radical (unpaired) electrons. The molecule has 2 aromatic rings. The van der Waals surface area contributed by atoms with E-state index in [4.69, 9.17) is 11.5 Å². The molecule has 1 fully saturated rings. The molecule has 1 aliphatic rings. The van der Waals surface area contributed by atoms with Crippen LogP contribution in [-0.2, 0) is 6.42 Å². The molecule has 2 heteroatoms. The zero-order chi connectivity index (χ0) is 17.6. The van der Waals surface area contributed by atoms with Crippen LogP contribution in [0, 0.1) is 0 Å². The number of benzene rings is 2. The van der Waals surface area contributed by atoms with E-state index in [1.807, 2.05) is 12.1 Å². The molecule has 0 bridgehead atoms. The smallest absolute Gasteiger partial charge is 0.0349 e. The molecule has 0 atom stereocenters. The molecule has 1 aliphatic carbocycles. The number of nitrogens with two attached hydrogens (primary N) is 2. The van der Waals surface area contributed by atoms with Gasteiger partial charge in [-0.1, -0.05) is 57.2 Å². The second-order valence-electron chi connectivity index (χ2n) is 7.51. The third kappa shape index (κ3) is 4.18. The summed E-state index contributed by atoms with van der Waals surface area (Å²) in [6.07, 6.45) is 11.5. The lowest BCUT2D eigenvalue weighted by Gasteiger charge is -2.28. The van der Waals surface area contributed by atoms with Gasteiger partial charge in [0.05, 0.1) is 0 Å². The van der Waals surface area contributed by atoms with E-state index in [-0.39, 0.29) is 0 Å². The molecular weight excluding hydrogens is 304 g/mol. The van der Waals surface area contributed by atoms with Gasteiger partial charge in [-0.25, -0.2) is 0 Å². The predicted molar refractivity (Wildman–Crippen MR) is 110 cm³/mol. The van der Waals surface area contributed by atoms with Gasteiger partial charge in [-0.15, -0.1) is 0 Å². The van der Waals surface area contributed by atoms with Gasteiger partial charge in [-0.05, 0) is 72.1 Å². The van der Waals surface area contributed by atoms with Gasteiger partial charge in [0, 0.05) is 11.4 Å². The van der Waals surface area contributed by atoms with Crippen molar-refractivity contribution in [1.29, 1.82) is 0 Å². The average molecular weight is 337 g/mol. The summed E-state index contributed by atoms with van der Waals surface area (Å²) in [6.45, 7) is 2.26. The zero-order valence-corrected chi connectivity index (χ0v) is 15.6. The molecule has 134 valence electrons. The van der Waals surface area contributed by atoms with Crippen molar-refractivity contribution < 1.29 is 0 Å². The van der Waals surface area contributed by atoms with Crippen LogP contribution in [0.15, 0.2) is 36.4 Å².